The number of aromatic nitrogens is 1. The van der Waals surface area contributed by atoms with Gasteiger partial charge in [0.1, 0.15) is 5.69 Å². The zero-order valence-corrected chi connectivity index (χ0v) is 10.8. The van der Waals surface area contributed by atoms with Crippen LogP contribution in [0.3, 0.4) is 0 Å². The van der Waals surface area contributed by atoms with E-state index >= 15 is 0 Å². The highest BCUT2D eigenvalue weighted by Crippen LogP contribution is 2.28. The van der Waals surface area contributed by atoms with Gasteiger partial charge in [-0.2, -0.15) is 0 Å². The van der Waals surface area contributed by atoms with Crippen molar-refractivity contribution in [3.8, 4) is 0 Å². The fourth-order valence-electron chi connectivity index (χ4n) is 2.47. The minimum atomic E-state index is -0.0472. The Labute approximate surface area is 107 Å². The van der Waals surface area contributed by atoms with Crippen molar-refractivity contribution in [1.29, 1.82) is 0 Å². The van der Waals surface area contributed by atoms with Crippen LogP contribution in [0.5, 0.6) is 0 Å². The van der Waals surface area contributed by atoms with Crippen LogP contribution in [0.2, 0.25) is 0 Å². The lowest BCUT2D eigenvalue weighted by Gasteiger charge is -2.37. The van der Waals surface area contributed by atoms with Crippen LogP contribution in [0.25, 0.3) is 0 Å². The first-order valence-electron chi connectivity index (χ1n) is 6.37. The van der Waals surface area contributed by atoms with Crippen molar-refractivity contribution >= 4 is 5.91 Å². The molecule has 0 unspecified atom stereocenters. The Morgan fingerprint density at radius 2 is 2.28 bits per heavy atom. The van der Waals surface area contributed by atoms with E-state index in [4.69, 9.17) is 4.74 Å². The minimum Gasteiger partial charge on any atom is -0.384 e. The predicted molar refractivity (Wildman–Crippen MR) is 69.5 cm³/mol. The summed E-state index contributed by atoms with van der Waals surface area (Å²) in [7, 11) is 1.72. The molecule has 2 rings (SSSR count). The van der Waals surface area contributed by atoms with E-state index in [2.05, 4.69) is 15.6 Å². The summed E-state index contributed by atoms with van der Waals surface area (Å²) >= 11 is 0. The smallest absolute Gasteiger partial charge is 0.267 e. The third kappa shape index (κ3) is 3.11. The van der Waals surface area contributed by atoms with Crippen LogP contribution < -0.4 is 10.6 Å². The molecule has 0 radical (unpaired) electrons. The first kappa shape index (κ1) is 13.1. The third-order valence-corrected chi connectivity index (χ3v) is 3.58. The highest BCUT2D eigenvalue weighted by atomic mass is 16.5. The number of nitrogens with one attached hydrogen (secondary N) is 3. The molecule has 1 fully saturated rings. The highest BCUT2D eigenvalue weighted by molar-refractivity contribution is 5.92. The minimum absolute atomic E-state index is 0.0472. The number of carbonyl (C=O) groups is 1. The van der Waals surface area contributed by atoms with Crippen molar-refractivity contribution in [2.75, 3.05) is 33.4 Å². The molecule has 3 N–H and O–H groups in total. The molecule has 18 heavy (non-hydrogen) atoms. The quantitative estimate of drug-likeness (QED) is 0.724. The van der Waals surface area contributed by atoms with Gasteiger partial charge in [0.25, 0.3) is 5.91 Å². The molecule has 0 aromatic carbocycles. The second-order valence-electron chi connectivity index (χ2n) is 4.95. The Morgan fingerprint density at radius 1 is 1.50 bits per heavy atom. The van der Waals surface area contributed by atoms with E-state index in [-0.39, 0.29) is 11.3 Å². The number of rotatable bonds is 5. The van der Waals surface area contributed by atoms with Gasteiger partial charge in [0.05, 0.1) is 6.61 Å². The number of amides is 1. The molecule has 0 aliphatic carbocycles. The highest BCUT2D eigenvalue weighted by Gasteiger charge is 2.32. The number of hydrogen-bond donors (Lipinski definition) is 3. The van der Waals surface area contributed by atoms with Gasteiger partial charge in [-0.3, -0.25) is 4.79 Å². The van der Waals surface area contributed by atoms with Crippen LogP contribution >= 0.6 is 0 Å². The molecule has 5 heteroatoms. The van der Waals surface area contributed by atoms with Crippen LogP contribution in [-0.2, 0) is 4.74 Å². The number of piperidine rings is 1. The van der Waals surface area contributed by atoms with Crippen LogP contribution in [-0.4, -0.2) is 44.2 Å². The lowest BCUT2D eigenvalue weighted by Crippen LogP contribution is -2.47. The molecule has 0 spiro atoms. The third-order valence-electron chi connectivity index (χ3n) is 3.58. The van der Waals surface area contributed by atoms with Crippen LogP contribution in [0, 0.1) is 5.41 Å². The standard InChI is InChI=1S/C13H21N3O2/c1-18-10-13(4-7-14-8-5-13)9-16-12(17)11-3-2-6-15-11/h2-3,6,14-15H,4-5,7-10H2,1H3,(H,16,17). The normalized spacial score (nSPS) is 18.5. The van der Waals surface area contributed by atoms with Crippen molar-refractivity contribution in [3.05, 3.63) is 24.0 Å². The van der Waals surface area contributed by atoms with Gasteiger partial charge in [-0.05, 0) is 38.1 Å². The van der Waals surface area contributed by atoms with Crippen molar-refractivity contribution in [2.24, 2.45) is 5.41 Å². The number of aromatic amines is 1. The van der Waals surface area contributed by atoms with Crippen molar-refractivity contribution in [3.63, 3.8) is 0 Å². The second kappa shape index (κ2) is 6.02. The fourth-order valence-corrected chi connectivity index (χ4v) is 2.47. The Hall–Kier alpha value is -1.33. The molecule has 100 valence electrons. The van der Waals surface area contributed by atoms with E-state index in [1.807, 2.05) is 6.07 Å². The van der Waals surface area contributed by atoms with E-state index < -0.39 is 0 Å². The molecule has 1 amide bonds. The van der Waals surface area contributed by atoms with Gasteiger partial charge in [0.2, 0.25) is 0 Å². The molecule has 0 saturated carbocycles. The van der Waals surface area contributed by atoms with E-state index in [1.165, 1.54) is 0 Å². The molecule has 1 aliphatic heterocycles. The number of ether oxygens (including phenoxy) is 1. The fraction of sp³-hybridized carbons (Fsp3) is 0.615. The van der Waals surface area contributed by atoms with E-state index in [9.17, 15) is 4.79 Å². The maximum absolute atomic E-state index is 11.9. The monoisotopic (exact) mass is 251 g/mol. The van der Waals surface area contributed by atoms with Gasteiger partial charge in [0.15, 0.2) is 0 Å². The van der Waals surface area contributed by atoms with Gasteiger partial charge >= 0.3 is 0 Å². The Bertz CT molecular complexity index is 364. The number of H-pyrrole nitrogens is 1. The van der Waals surface area contributed by atoms with Gasteiger partial charge in [-0.25, -0.2) is 0 Å². The average Bonchev–Trinajstić information content (AvgIpc) is 2.91. The van der Waals surface area contributed by atoms with Crippen LogP contribution in [0.15, 0.2) is 18.3 Å². The lowest BCUT2D eigenvalue weighted by molar-refractivity contribution is 0.0511. The Kier molecular flexibility index (Phi) is 4.38. The summed E-state index contributed by atoms with van der Waals surface area (Å²) < 4.78 is 5.32. The SMILES string of the molecule is COCC1(CNC(=O)c2ccc[nH]2)CCNCC1. The molecule has 1 aromatic rings. The largest absolute Gasteiger partial charge is 0.384 e. The number of hydrogen-bond acceptors (Lipinski definition) is 3. The summed E-state index contributed by atoms with van der Waals surface area (Å²) in [6, 6.07) is 3.60. The summed E-state index contributed by atoms with van der Waals surface area (Å²) in [5, 5.41) is 6.34. The molecular formula is C13H21N3O2. The maximum atomic E-state index is 11.9. The molecule has 0 bridgehead atoms. The van der Waals surface area contributed by atoms with Gasteiger partial charge in [-0.15, -0.1) is 0 Å². The molecule has 0 atom stereocenters. The average molecular weight is 251 g/mol. The lowest BCUT2D eigenvalue weighted by atomic mass is 9.79. The van der Waals surface area contributed by atoms with Crippen molar-refractivity contribution < 1.29 is 9.53 Å². The molecule has 5 nitrogen and oxygen atoms in total. The summed E-state index contributed by atoms with van der Waals surface area (Å²) in [6.07, 6.45) is 3.82. The summed E-state index contributed by atoms with van der Waals surface area (Å²) in [5.41, 5.74) is 0.680. The maximum Gasteiger partial charge on any atom is 0.267 e. The van der Waals surface area contributed by atoms with Crippen molar-refractivity contribution in [1.82, 2.24) is 15.6 Å². The molecule has 2 heterocycles. The van der Waals surface area contributed by atoms with Crippen LogP contribution in [0.4, 0.5) is 0 Å². The summed E-state index contributed by atoms with van der Waals surface area (Å²) in [4.78, 5) is 14.8. The first-order valence-corrected chi connectivity index (χ1v) is 6.37. The van der Waals surface area contributed by atoms with Crippen molar-refractivity contribution in [2.45, 2.75) is 12.8 Å². The molecule has 1 aromatic heterocycles. The molecule has 1 aliphatic rings. The van der Waals surface area contributed by atoms with E-state index in [0.29, 0.717) is 18.8 Å². The van der Waals surface area contributed by atoms with Gasteiger partial charge in [-0.1, -0.05) is 0 Å². The van der Waals surface area contributed by atoms with E-state index in [0.717, 1.165) is 25.9 Å². The second-order valence-corrected chi connectivity index (χ2v) is 4.95. The molecule has 1 saturated heterocycles. The van der Waals surface area contributed by atoms with Gasteiger partial charge < -0.3 is 20.4 Å². The Balaban J connectivity index is 1.91. The summed E-state index contributed by atoms with van der Waals surface area (Å²) in [5.74, 6) is -0.0472. The van der Waals surface area contributed by atoms with Gasteiger partial charge in [0, 0.05) is 25.3 Å². The number of methoxy groups -OCH3 is 1. The predicted octanol–water partition coefficient (Wildman–Crippen LogP) is 0.761. The first-order chi connectivity index (χ1) is 8.76. The number of carbonyl (C=O) groups excluding carboxylic acids is 1. The Morgan fingerprint density at radius 3 is 2.89 bits per heavy atom. The van der Waals surface area contributed by atoms with E-state index in [1.54, 1.807) is 19.4 Å². The summed E-state index contributed by atoms with van der Waals surface area (Å²) in [6.45, 7) is 3.34. The van der Waals surface area contributed by atoms with Crippen LogP contribution in [0.1, 0.15) is 23.3 Å². The zero-order chi connectivity index (χ0) is 12.8. The topological polar surface area (TPSA) is 66.1 Å². The zero-order valence-electron chi connectivity index (χ0n) is 10.8. The molecular weight excluding hydrogens is 230 g/mol.